The molecule has 3 nitrogen and oxygen atoms in total. The lowest BCUT2D eigenvalue weighted by Crippen LogP contribution is -1.92. The summed E-state index contributed by atoms with van der Waals surface area (Å²) in [6.07, 6.45) is 5.32. The van der Waals surface area contributed by atoms with E-state index in [0.717, 1.165) is 23.3 Å². The molecule has 0 atom stereocenters. The molecule has 1 saturated carbocycles. The molecule has 1 fully saturated rings. The second-order valence-corrected chi connectivity index (χ2v) is 4.16. The van der Waals surface area contributed by atoms with Crippen LogP contribution in [-0.4, -0.2) is 15.7 Å². The van der Waals surface area contributed by atoms with Gasteiger partial charge in [-0.3, -0.25) is 4.79 Å². The standard InChI is InChI=1S/C12H12N2O/c1-8-11-6-9(7-15)4-5-14(11)12(13-8)10-2-3-10/h4-7,10H,2-3H2,1H3. The van der Waals surface area contributed by atoms with E-state index in [1.54, 1.807) is 0 Å². The summed E-state index contributed by atoms with van der Waals surface area (Å²) in [6.45, 7) is 2.00. The van der Waals surface area contributed by atoms with Crippen LogP contribution in [0.2, 0.25) is 0 Å². The Balaban J connectivity index is 2.28. The van der Waals surface area contributed by atoms with E-state index in [-0.39, 0.29) is 0 Å². The molecule has 0 aromatic carbocycles. The maximum Gasteiger partial charge on any atom is 0.150 e. The van der Waals surface area contributed by atoms with E-state index in [4.69, 9.17) is 0 Å². The SMILES string of the molecule is Cc1nc(C2CC2)n2ccc(C=O)cc12. The largest absolute Gasteiger partial charge is 0.303 e. The molecule has 3 rings (SSSR count). The number of aromatic nitrogens is 2. The predicted octanol–water partition coefficient (Wildman–Crippen LogP) is 2.33. The highest BCUT2D eigenvalue weighted by atomic mass is 16.1. The van der Waals surface area contributed by atoms with Crippen molar-refractivity contribution in [3.63, 3.8) is 0 Å². The zero-order valence-corrected chi connectivity index (χ0v) is 8.60. The highest BCUT2D eigenvalue weighted by Crippen LogP contribution is 2.39. The molecule has 0 bridgehead atoms. The van der Waals surface area contributed by atoms with Gasteiger partial charge in [0, 0.05) is 17.7 Å². The molecule has 1 aliphatic carbocycles. The van der Waals surface area contributed by atoms with Gasteiger partial charge in [-0.15, -0.1) is 0 Å². The van der Waals surface area contributed by atoms with Crippen LogP contribution in [0.15, 0.2) is 18.3 Å². The van der Waals surface area contributed by atoms with Gasteiger partial charge in [0.05, 0.1) is 11.2 Å². The first kappa shape index (κ1) is 8.65. The predicted molar refractivity (Wildman–Crippen MR) is 57.3 cm³/mol. The van der Waals surface area contributed by atoms with Gasteiger partial charge in [-0.25, -0.2) is 4.98 Å². The summed E-state index contributed by atoms with van der Waals surface area (Å²) >= 11 is 0. The van der Waals surface area contributed by atoms with Crippen molar-refractivity contribution in [2.75, 3.05) is 0 Å². The van der Waals surface area contributed by atoms with Crippen LogP contribution in [-0.2, 0) is 0 Å². The Hall–Kier alpha value is -1.64. The van der Waals surface area contributed by atoms with Crippen molar-refractivity contribution in [3.8, 4) is 0 Å². The monoisotopic (exact) mass is 200 g/mol. The second kappa shape index (κ2) is 2.92. The molecule has 1 aliphatic rings. The molecule has 0 saturated heterocycles. The number of carbonyl (C=O) groups excluding carboxylic acids is 1. The van der Waals surface area contributed by atoms with Crippen LogP contribution in [0.25, 0.3) is 5.52 Å². The minimum absolute atomic E-state index is 0.633. The lowest BCUT2D eigenvalue weighted by molar-refractivity contribution is 0.112. The van der Waals surface area contributed by atoms with Crippen LogP contribution in [0.3, 0.4) is 0 Å². The van der Waals surface area contributed by atoms with Gasteiger partial charge in [0.25, 0.3) is 0 Å². The summed E-state index contributed by atoms with van der Waals surface area (Å²) in [5, 5.41) is 0. The average Bonchev–Trinajstić information content (AvgIpc) is 3.05. The first-order chi connectivity index (χ1) is 7.29. The zero-order valence-electron chi connectivity index (χ0n) is 8.60. The van der Waals surface area contributed by atoms with Crippen LogP contribution in [0.1, 0.15) is 40.6 Å². The van der Waals surface area contributed by atoms with E-state index in [1.165, 1.54) is 12.8 Å². The molecular weight excluding hydrogens is 188 g/mol. The summed E-state index contributed by atoms with van der Waals surface area (Å²) in [4.78, 5) is 15.3. The van der Waals surface area contributed by atoms with Gasteiger partial charge >= 0.3 is 0 Å². The van der Waals surface area contributed by atoms with E-state index in [2.05, 4.69) is 9.38 Å². The van der Waals surface area contributed by atoms with Crippen molar-refractivity contribution in [1.82, 2.24) is 9.38 Å². The zero-order chi connectivity index (χ0) is 10.4. The number of carbonyl (C=O) groups is 1. The number of aldehydes is 1. The molecule has 0 radical (unpaired) electrons. The first-order valence-corrected chi connectivity index (χ1v) is 5.23. The fraction of sp³-hybridized carbons (Fsp3) is 0.333. The molecule has 0 N–H and O–H groups in total. The number of fused-ring (bicyclic) bond motifs is 1. The highest BCUT2D eigenvalue weighted by molar-refractivity contribution is 5.77. The van der Waals surface area contributed by atoms with Crippen LogP contribution < -0.4 is 0 Å². The Bertz CT molecular complexity index is 538. The molecule has 0 unspecified atom stereocenters. The summed E-state index contributed by atoms with van der Waals surface area (Å²) in [7, 11) is 0. The Labute approximate surface area is 87.7 Å². The summed E-state index contributed by atoms with van der Waals surface area (Å²) < 4.78 is 2.11. The quantitative estimate of drug-likeness (QED) is 0.697. The van der Waals surface area contributed by atoms with Crippen molar-refractivity contribution in [1.29, 1.82) is 0 Å². The molecule has 2 aromatic rings. The average molecular weight is 200 g/mol. The number of rotatable bonds is 2. The molecule has 2 heterocycles. The lowest BCUT2D eigenvalue weighted by atomic mass is 10.2. The molecular formula is C12H12N2O. The first-order valence-electron chi connectivity index (χ1n) is 5.23. The van der Waals surface area contributed by atoms with Gasteiger partial charge in [-0.2, -0.15) is 0 Å². The van der Waals surface area contributed by atoms with Gasteiger partial charge in [-0.1, -0.05) is 0 Å². The third-order valence-corrected chi connectivity index (χ3v) is 2.96. The molecule has 0 aliphatic heterocycles. The van der Waals surface area contributed by atoms with Crippen molar-refractivity contribution in [2.45, 2.75) is 25.7 Å². The Morgan fingerprint density at radius 1 is 1.53 bits per heavy atom. The molecule has 2 aromatic heterocycles. The van der Waals surface area contributed by atoms with Gasteiger partial charge < -0.3 is 4.40 Å². The number of nitrogens with zero attached hydrogens (tertiary/aromatic N) is 2. The van der Waals surface area contributed by atoms with Crippen LogP contribution in [0.5, 0.6) is 0 Å². The van der Waals surface area contributed by atoms with Gasteiger partial charge in [0.15, 0.2) is 0 Å². The van der Waals surface area contributed by atoms with E-state index < -0.39 is 0 Å². The normalized spacial score (nSPS) is 15.8. The number of imidazole rings is 1. The fourth-order valence-corrected chi connectivity index (χ4v) is 1.98. The van der Waals surface area contributed by atoms with Crippen LogP contribution in [0, 0.1) is 6.92 Å². The van der Waals surface area contributed by atoms with Gasteiger partial charge in [0.1, 0.15) is 12.1 Å². The number of aryl methyl sites for hydroxylation is 1. The van der Waals surface area contributed by atoms with Crippen molar-refractivity contribution < 1.29 is 4.79 Å². The minimum atomic E-state index is 0.633. The van der Waals surface area contributed by atoms with E-state index in [9.17, 15) is 4.79 Å². The Kier molecular flexibility index (Phi) is 1.69. The number of pyridine rings is 1. The molecule has 15 heavy (non-hydrogen) atoms. The smallest absolute Gasteiger partial charge is 0.150 e. The molecule has 76 valence electrons. The Morgan fingerprint density at radius 2 is 2.33 bits per heavy atom. The third kappa shape index (κ3) is 1.27. The van der Waals surface area contributed by atoms with Crippen LogP contribution in [0.4, 0.5) is 0 Å². The second-order valence-electron chi connectivity index (χ2n) is 4.16. The van der Waals surface area contributed by atoms with Gasteiger partial charge in [-0.05, 0) is 31.9 Å². The van der Waals surface area contributed by atoms with Gasteiger partial charge in [0.2, 0.25) is 0 Å². The maximum absolute atomic E-state index is 10.7. The van der Waals surface area contributed by atoms with Crippen molar-refractivity contribution >= 4 is 11.8 Å². The topological polar surface area (TPSA) is 34.4 Å². The summed E-state index contributed by atoms with van der Waals surface area (Å²) in [5.74, 6) is 1.79. The van der Waals surface area contributed by atoms with Crippen molar-refractivity contribution in [2.24, 2.45) is 0 Å². The van der Waals surface area contributed by atoms with E-state index >= 15 is 0 Å². The van der Waals surface area contributed by atoms with E-state index in [0.29, 0.717) is 11.5 Å². The van der Waals surface area contributed by atoms with Crippen LogP contribution >= 0.6 is 0 Å². The molecule has 0 amide bonds. The molecule has 0 spiro atoms. The Morgan fingerprint density at radius 3 is 3.00 bits per heavy atom. The third-order valence-electron chi connectivity index (χ3n) is 2.96. The minimum Gasteiger partial charge on any atom is -0.303 e. The fourth-order valence-electron chi connectivity index (χ4n) is 1.98. The van der Waals surface area contributed by atoms with E-state index in [1.807, 2.05) is 25.3 Å². The maximum atomic E-state index is 10.7. The number of hydrogen-bond acceptors (Lipinski definition) is 2. The summed E-state index contributed by atoms with van der Waals surface area (Å²) in [5.41, 5.74) is 2.79. The molecule has 3 heteroatoms. The lowest BCUT2D eigenvalue weighted by Gasteiger charge is -1.99. The highest BCUT2D eigenvalue weighted by Gasteiger charge is 2.28. The summed E-state index contributed by atoms with van der Waals surface area (Å²) in [6, 6.07) is 3.74. The number of hydrogen-bond donors (Lipinski definition) is 0. The van der Waals surface area contributed by atoms with Crippen molar-refractivity contribution in [3.05, 3.63) is 35.4 Å².